The van der Waals surface area contributed by atoms with Crippen LogP contribution in [0.5, 0.6) is 0 Å². The van der Waals surface area contributed by atoms with E-state index in [1.165, 1.54) is 24.0 Å². The number of hydrogen-bond donors (Lipinski definition) is 1. The van der Waals surface area contributed by atoms with Gasteiger partial charge in [-0.05, 0) is 46.4 Å². The Labute approximate surface area is 127 Å². The van der Waals surface area contributed by atoms with Gasteiger partial charge in [-0.2, -0.15) is 0 Å². The molecule has 2 aromatic rings. The molecular weight excluding hydrogens is 256 g/mol. The third-order valence-electron chi connectivity index (χ3n) is 4.40. The zero-order valence-corrected chi connectivity index (χ0v) is 13.1. The van der Waals surface area contributed by atoms with E-state index in [0.29, 0.717) is 5.92 Å². The summed E-state index contributed by atoms with van der Waals surface area (Å²) in [6, 6.07) is 16.7. The van der Waals surface area contributed by atoms with Crippen molar-refractivity contribution < 1.29 is 5.11 Å². The van der Waals surface area contributed by atoms with Crippen LogP contribution < -0.4 is 0 Å². The molecule has 3 rings (SSSR count). The quantitative estimate of drug-likeness (QED) is 0.844. The summed E-state index contributed by atoms with van der Waals surface area (Å²) < 4.78 is 0. The van der Waals surface area contributed by atoms with Gasteiger partial charge < -0.3 is 5.11 Å². The highest BCUT2D eigenvalue weighted by atomic mass is 16.3. The van der Waals surface area contributed by atoms with Gasteiger partial charge in [0.05, 0.1) is 0 Å². The number of benzene rings is 2. The van der Waals surface area contributed by atoms with Crippen molar-refractivity contribution in [2.45, 2.75) is 51.0 Å². The van der Waals surface area contributed by atoms with E-state index in [4.69, 9.17) is 0 Å². The van der Waals surface area contributed by atoms with Crippen molar-refractivity contribution in [3.8, 4) is 0 Å². The zero-order valence-electron chi connectivity index (χ0n) is 13.1. The molecule has 0 aliphatic heterocycles. The van der Waals surface area contributed by atoms with E-state index in [0.717, 1.165) is 11.1 Å². The highest BCUT2D eigenvalue weighted by Gasteiger charge is 2.28. The lowest BCUT2D eigenvalue weighted by Crippen LogP contribution is -2.11. The van der Waals surface area contributed by atoms with Gasteiger partial charge in [0, 0.05) is 0 Å². The van der Waals surface area contributed by atoms with E-state index in [1.807, 2.05) is 6.07 Å². The van der Waals surface area contributed by atoms with Gasteiger partial charge in [-0.15, -0.1) is 0 Å². The molecule has 2 aromatic carbocycles. The Bertz CT molecular complexity index is 615. The Balaban J connectivity index is 1.90. The van der Waals surface area contributed by atoms with E-state index in [9.17, 15) is 5.11 Å². The number of rotatable bonds is 3. The minimum Gasteiger partial charge on any atom is -0.384 e. The second kappa shape index (κ2) is 5.31. The molecule has 21 heavy (non-hydrogen) atoms. The standard InChI is InChI=1S/C20H24O/c1-20(2,3)16-12-10-15(11-13-16)19(21)18-7-5-4-6-17(18)14-8-9-14/h4-7,10-14,19,21H,8-9H2,1-3H3. The highest BCUT2D eigenvalue weighted by Crippen LogP contribution is 2.43. The maximum atomic E-state index is 10.7. The lowest BCUT2D eigenvalue weighted by molar-refractivity contribution is 0.219. The van der Waals surface area contributed by atoms with E-state index >= 15 is 0 Å². The van der Waals surface area contributed by atoms with Crippen LogP contribution in [0.1, 0.15) is 67.9 Å². The van der Waals surface area contributed by atoms with Crippen molar-refractivity contribution in [2.75, 3.05) is 0 Å². The summed E-state index contributed by atoms with van der Waals surface area (Å²) in [7, 11) is 0. The van der Waals surface area contributed by atoms with Crippen molar-refractivity contribution in [1.82, 2.24) is 0 Å². The summed E-state index contributed by atoms with van der Waals surface area (Å²) in [4.78, 5) is 0. The van der Waals surface area contributed by atoms with E-state index in [2.05, 4.69) is 63.2 Å². The Morgan fingerprint density at radius 1 is 0.952 bits per heavy atom. The molecule has 0 spiro atoms. The van der Waals surface area contributed by atoms with Gasteiger partial charge in [0.15, 0.2) is 0 Å². The molecule has 0 saturated heterocycles. The fourth-order valence-electron chi connectivity index (χ4n) is 2.87. The third kappa shape index (κ3) is 3.03. The van der Waals surface area contributed by atoms with Crippen LogP contribution in [0.25, 0.3) is 0 Å². The van der Waals surface area contributed by atoms with E-state index < -0.39 is 6.10 Å². The monoisotopic (exact) mass is 280 g/mol. The van der Waals surface area contributed by atoms with Crippen molar-refractivity contribution in [3.63, 3.8) is 0 Å². The normalized spacial score (nSPS) is 16.8. The summed E-state index contributed by atoms with van der Waals surface area (Å²) in [5.74, 6) is 0.657. The minimum atomic E-state index is -0.518. The maximum absolute atomic E-state index is 10.7. The van der Waals surface area contributed by atoms with Crippen LogP contribution in [0, 0.1) is 0 Å². The number of hydrogen-bond acceptors (Lipinski definition) is 1. The van der Waals surface area contributed by atoms with Crippen molar-refractivity contribution in [3.05, 3.63) is 70.8 Å². The molecule has 1 heteroatoms. The molecule has 1 aliphatic carbocycles. The van der Waals surface area contributed by atoms with Crippen LogP contribution in [0.3, 0.4) is 0 Å². The Kier molecular flexibility index (Phi) is 3.62. The SMILES string of the molecule is CC(C)(C)c1ccc(C(O)c2ccccc2C2CC2)cc1. The molecule has 0 heterocycles. The highest BCUT2D eigenvalue weighted by molar-refractivity contribution is 5.40. The van der Waals surface area contributed by atoms with Crippen LogP contribution in [0.15, 0.2) is 48.5 Å². The van der Waals surface area contributed by atoms with Crippen LogP contribution in [0.2, 0.25) is 0 Å². The molecule has 0 amide bonds. The summed E-state index contributed by atoms with van der Waals surface area (Å²) in [5.41, 5.74) is 4.83. The molecule has 1 fully saturated rings. The van der Waals surface area contributed by atoms with Gasteiger partial charge in [-0.1, -0.05) is 69.3 Å². The van der Waals surface area contributed by atoms with Crippen LogP contribution in [0.4, 0.5) is 0 Å². The molecule has 0 aromatic heterocycles. The van der Waals surface area contributed by atoms with Gasteiger partial charge in [-0.25, -0.2) is 0 Å². The molecule has 1 saturated carbocycles. The Morgan fingerprint density at radius 3 is 2.14 bits per heavy atom. The van der Waals surface area contributed by atoms with Gasteiger partial charge in [0.2, 0.25) is 0 Å². The Morgan fingerprint density at radius 2 is 1.57 bits per heavy atom. The van der Waals surface area contributed by atoms with Gasteiger partial charge in [0.1, 0.15) is 6.10 Å². The fraction of sp³-hybridized carbons (Fsp3) is 0.400. The summed E-state index contributed by atoms with van der Waals surface area (Å²) in [6.45, 7) is 6.63. The average molecular weight is 280 g/mol. The second-order valence-corrected chi connectivity index (χ2v) is 7.18. The molecular formula is C20H24O. The van der Waals surface area contributed by atoms with Gasteiger partial charge >= 0.3 is 0 Å². The smallest absolute Gasteiger partial charge is 0.104 e. The first-order valence-electron chi connectivity index (χ1n) is 7.84. The average Bonchev–Trinajstić information content (AvgIpc) is 3.30. The summed E-state index contributed by atoms with van der Waals surface area (Å²) in [5, 5.41) is 10.7. The molecule has 1 atom stereocenters. The minimum absolute atomic E-state index is 0.148. The van der Waals surface area contributed by atoms with Gasteiger partial charge in [0.25, 0.3) is 0 Å². The van der Waals surface area contributed by atoms with Crippen molar-refractivity contribution in [1.29, 1.82) is 0 Å². The third-order valence-corrected chi connectivity index (χ3v) is 4.40. The molecule has 1 N–H and O–H groups in total. The first kappa shape index (κ1) is 14.3. The topological polar surface area (TPSA) is 20.2 Å². The van der Waals surface area contributed by atoms with Crippen molar-refractivity contribution in [2.24, 2.45) is 0 Å². The second-order valence-electron chi connectivity index (χ2n) is 7.18. The molecule has 1 nitrogen and oxygen atoms in total. The van der Waals surface area contributed by atoms with Crippen LogP contribution in [-0.4, -0.2) is 5.11 Å². The number of aliphatic hydroxyl groups excluding tert-OH is 1. The molecule has 1 aliphatic rings. The maximum Gasteiger partial charge on any atom is 0.104 e. The molecule has 0 radical (unpaired) electrons. The van der Waals surface area contributed by atoms with Gasteiger partial charge in [-0.3, -0.25) is 0 Å². The Hall–Kier alpha value is -1.60. The molecule has 1 unspecified atom stereocenters. The van der Waals surface area contributed by atoms with Crippen LogP contribution >= 0.6 is 0 Å². The molecule has 0 bridgehead atoms. The fourth-order valence-corrected chi connectivity index (χ4v) is 2.87. The predicted octanol–water partition coefficient (Wildman–Crippen LogP) is 4.94. The molecule has 110 valence electrons. The van der Waals surface area contributed by atoms with Crippen molar-refractivity contribution >= 4 is 0 Å². The van der Waals surface area contributed by atoms with E-state index in [-0.39, 0.29) is 5.41 Å². The van der Waals surface area contributed by atoms with Crippen LogP contribution in [-0.2, 0) is 5.41 Å². The lowest BCUT2D eigenvalue weighted by atomic mass is 9.85. The summed E-state index contributed by atoms with van der Waals surface area (Å²) in [6.07, 6.45) is 2.00. The number of aliphatic hydroxyl groups is 1. The first-order chi connectivity index (χ1) is 9.97. The summed E-state index contributed by atoms with van der Waals surface area (Å²) >= 11 is 0. The largest absolute Gasteiger partial charge is 0.384 e. The first-order valence-corrected chi connectivity index (χ1v) is 7.84. The predicted molar refractivity (Wildman–Crippen MR) is 87.6 cm³/mol. The van der Waals surface area contributed by atoms with E-state index in [1.54, 1.807) is 0 Å². The zero-order chi connectivity index (χ0) is 15.0. The lowest BCUT2D eigenvalue weighted by Gasteiger charge is -2.21.